The Morgan fingerprint density at radius 1 is 1.24 bits per heavy atom. The smallest absolute Gasteiger partial charge is 0.355 e. The predicted molar refractivity (Wildman–Crippen MR) is 105 cm³/mol. The van der Waals surface area contributed by atoms with E-state index in [4.69, 9.17) is 9.47 Å². The first-order valence-electron chi connectivity index (χ1n) is 8.82. The molecule has 2 aromatic heterocycles. The highest BCUT2D eigenvalue weighted by atomic mass is 32.1. The zero-order chi connectivity index (χ0) is 20.4. The Labute approximate surface area is 169 Å². The standard InChI is InChI=1S/C19H17N5O4S/c1-3-28-12-8-6-11(7-9-12)16-14(17(25)13-5-4-10-29-13)15(18(26)27-2)20-19-21-22-23-24(16)19/h4-10,16H,3H2,1-2H3,(H,20,21,23)/t16-/m0/s1. The van der Waals surface area contributed by atoms with Crippen molar-refractivity contribution in [2.45, 2.75) is 13.0 Å². The molecule has 0 fully saturated rings. The van der Waals surface area contributed by atoms with Crippen molar-refractivity contribution in [3.05, 3.63) is 63.5 Å². The largest absolute Gasteiger partial charge is 0.494 e. The molecule has 1 N–H and O–H groups in total. The zero-order valence-electron chi connectivity index (χ0n) is 15.7. The van der Waals surface area contributed by atoms with E-state index in [2.05, 4.69) is 20.8 Å². The minimum Gasteiger partial charge on any atom is -0.494 e. The van der Waals surface area contributed by atoms with Gasteiger partial charge in [0.1, 0.15) is 17.5 Å². The fourth-order valence-corrected chi connectivity index (χ4v) is 3.83. The summed E-state index contributed by atoms with van der Waals surface area (Å²) in [7, 11) is 1.26. The molecule has 0 amide bonds. The summed E-state index contributed by atoms with van der Waals surface area (Å²) in [5, 5.41) is 16.3. The topological polar surface area (TPSA) is 108 Å². The van der Waals surface area contributed by atoms with Gasteiger partial charge in [-0.3, -0.25) is 4.79 Å². The third kappa shape index (κ3) is 3.38. The second-order valence-electron chi connectivity index (χ2n) is 6.06. The number of allylic oxidation sites excluding steroid dienone is 1. The zero-order valence-corrected chi connectivity index (χ0v) is 16.5. The van der Waals surface area contributed by atoms with E-state index in [1.807, 2.05) is 19.1 Å². The number of fused-ring (bicyclic) bond motifs is 1. The molecule has 1 atom stereocenters. The van der Waals surface area contributed by atoms with E-state index < -0.39 is 12.0 Å². The Hall–Kier alpha value is -3.53. The number of ether oxygens (including phenoxy) is 2. The molecule has 1 aromatic carbocycles. The fraction of sp³-hybridized carbons (Fsp3) is 0.211. The summed E-state index contributed by atoms with van der Waals surface area (Å²) in [5.41, 5.74) is 0.958. The molecule has 0 aliphatic carbocycles. The number of nitrogens with one attached hydrogen (secondary N) is 1. The highest BCUT2D eigenvalue weighted by molar-refractivity contribution is 7.12. The molecule has 0 spiro atoms. The number of carbonyl (C=O) groups is 2. The van der Waals surface area contributed by atoms with Crippen LogP contribution in [0.5, 0.6) is 5.75 Å². The molecule has 0 radical (unpaired) electrons. The third-order valence-electron chi connectivity index (χ3n) is 4.40. The van der Waals surface area contributed by atoms with Crippen LogP contribution >= 0.6 is 11.3 Å². The lowest BCUT2D eigenvalue weighted by molar-refractivity contribution is -0.136. The van der Waals surface area contributed by atoms with Crippen LogP contribution in [0.3, 0.4) is 0 Å². The molecule has 4 rings (SSSR count). The van der Waals surface area contributed by atoms with E-state index in [0.29, 0.717) is 17.2 Å². The number of tetrazole rings is 1. The first-order chi connectivity index (χ1) is 14.1. The molecule has 1 aliphatic heterocycles. The van der Waals surface area contributed by atoms with Gasteiger partial charge in [-0.2, -0.15) is 4.68 Å². The molecule has 9 nitrogen and oxygen atoms in total. The molecule has 0 bridgehead atoms. The quantitative estimate of drug-likeness (QED) is 0.487. The molecule has 0 saturated carbocycles. The van der Waals surface area contributed by atoms with E-state index in [1.165, 1.54) is 23.1 Å². The Morgan fingerprint density at radius 2 is 2.03 bits per heavy atom. The van der Waals surface area contributed by atoms with Crippen molar-refractivity contribution in [3.8, 4) is 5.75 Å². The summed E-state index contributed by atoms with van der Waals surface area (Å²) in [4.78, 5) is 26.4. The lowest BCUT2D eigenvalue weighted by Gasteiger charge is -2.27. The predicted octanol–water partition coefficient (Wildman–Crippen LogP) is 2.46. The number of aromatic nitrogens is 4. The minimum atomic E-state index is -0.708. The van der Waals surface area contributed by atoms with Crippen molar-refractivity contribution < 1.29 is 19.1 Å². The second-order valence-corrected chi connectivity index (χ2v) is 7.01. The van der Waals surface area contributed by atoms with E-state index >= 15 is 0 Å². The molecular formula is C19H17N5O4S. The van der Waals surface area contributed by atoms with Crippen molar-refractivity contribution in [3.63, 3.8) is 0 Å². The van der Waals surface area contributed by atoms with Gasteiger partial charge in [0, 0.05) is 0 Å². The van der Waals surface area contributed by atoms with Gasteiger partial charge in [0.2, 0.25) is 11.7 Å². The maximum Gasteiger partial charge on any atom is 0.355 e. The van der Waals surface area contributed by atoms with Crippen LogP contribution in [0.25, 0.3) is 0 Å². The molecule has 0 unspecified atom stereocenters. The number of ketones is 1. The molecule has 10 heteroatoms. The van der Waals surface area contributed by atoms with Gasteiger partial charge in [0.15, 0.2) is 0 Å². The van der Waals surface area contributed by atoms with Gasteiger partial charge in [-0.25, -0.2) is 4.79 Å². The van der Waals surface area contributed by atoms with Gasteiger partial charge < -0.3 is 14.8 Å². The summed E-state index contributed by atoms with van der Waals surface area (Å²) in [6.45, 7) is 2.44. The summed E-state index contributed by atoms with van der Waals surface area (Å²) < 4.78 is 11.9. The van der Waals surface area contributed by atoms with Gasteiger partial charge in [-0.1, -0.05) is 23.3 Å². The SMILES string of the molecule is CCOc1ccc([C@H]2C(C(=O)c3cccs3)=C(C(=O)OC)Nc3nnnn32)cc1. The molecule has 148 valence electrons. The lowest BCUT2D eigenvalue weighted by atomic mass is 9.91. The van der Waals surface area contributed by atoms with Gasteiger partial charge in [0.25, 0.3) is 0 Å². The molecule has 29 heavy (non-hydrogen) atoms. The number of methoxy groups -OCH3 is 1. The van der Waals surface area contributed by atoms with Gasteiger partial charge in [-0.05, 0) is 46.5 Å². The average molecular weight is 411 g/mol. The molecule has 3 heterocycles. The van der Waals surface area contributed by atoms with E-state index in [1.54, 1.807) is 29.6 Å². The van der Waals surface area contributed by atoms with Crippen LogP contribution in [0.2, 0.25) is 0 Å². The van der Waals surface area contributed by atoms with Crippen molar-refractivity contribution in [2.24, 2.45) is 0 Å². The summed E-state index contributed by atoms with van der Waals surface area (Å²) in [6, 6.07) is 10.0. The first-order valence-corrected chi connectivity index (χ1v) is 9.70. The average Bonchev–Trinajstić information content (AvgIpc) is 3.44. The number of hydrogen-bond donors (Lipinski definition) is 1. The van der Waals surface area contributed by atoms with Crippen LogP contribution < -0.4 is 10.1 Å². The Bertz CT molecular complexity index is 1070. The van der Waals surface area contributed by atoms with Crippen LogP contribution in [0.4, 0.5) is 5.95 Å². The summed E-state index contributed by atoms with van der Waals surface area (Å²) >= 11 is 1.29. The number of thiophene rings is 1. The van der Waals surface area contributed by atoms with E-state index in [-0.39, 0.29) is 23.0 Å². The monoisotopic (exact) mass is 411 g/mol. The van der Waals surface area contributed by atoms with Crippen LogP contribution in [0, 0.1) is 0 Å². The number of esters is 1. The highest BCUT2D eigenvalue weighted by Gasteiger charge is 2.38. The maximum absolute atomic E-state index is 13.4. The van der Waals surface area contributed by atoms with Crippen molar-refractivity contribution in [1.29, 1.82) is 0 Å². The second kappa shape index (κ2) is 7.84. The van der Waals surface area contributed by atoms with Gasteiger partial charge in [-0.15, -0.1) is 11.3 Å². The highest BCUT2D eigenvalue weighted by Crippen LogP contribution is 2.37. The van der Waals surface area contributed by atoms with E-state index in [0.717, 1.165) is 5.56 Å². The maximum atomic E-state index is 13.4. The van der Waals surface area contributed by atoms with Crippen LogP contribution in [0.15, 0.2) is 53.0 Å². The van der Waals surface area contributed by atoms with Crippen molar-refractivity contribution in [2.75, 3.05) is 19.0 Å². The number of Topliss-reactive ketones (excluding diaryl/α,β-unsaturated/α-hetero) is 1. The number of hydrogen-bond acceptors (Lipinski definition) is 9. The van der Waals surface area contributed by atoms with Crippen LogP contribution in [0.1, 0.15) is 28.2 Å². The number of nitrogens with zero attached hydrogens (tertiary/aromatic N) is 4. The minimum absolute atomic E-state index is 0.0204. The normalized spacial score (nSPS) is 15.4. The van der Waals surface area contributed by atoms with E-state index in [9.17, 15) is 9.59 Å². The third-order valence-corrected chi connectivity index (χ3v) is 5.27. The Kier molecular flexibility index (Phi) is 5.09. The Morgan fingerprint density at radius 3 is 2.69 bits per heavy atom. The molecule has 3 aromatic rings. The van der Waals surface area contributed by atoms with Crippen LogP contribution in [-0.2, 0) is 9.53 Å². The van der Waals surface area contributed by atoms with Gasteiger partial charge in [0.05, 0.1) is 24.2 Å². The van der Waals surface area contributed by atoms with Crippen molar-refractivity contribution >= 4 is 29.0 Å². The van der Waals surface area contributed by atoms with Crippen molar-refractivity contribution in [1.82, 2.24) is 20.2 Å². The number of benzene rings is 1. The van der Waals surface area contributed by atoms with Crippen LogP contribution in [-0.4, -0.2) is 45.7 Å². The fourth-order valence-electron chi connectivity index (χ4n) is 3.15. The number of carbonyl (C=O) groups excluding carboxylic acids is 2. The first kappa shape index (κ1) is 18.8. The number of rotatable bonds is 6. The molecule has 0 saturated heterocycles. The van der Waals surface area contributed by atoms with Gasteiger partial charge >= 0.3 is 5.97 Å². The summed E-state index contributed by atoms with van der Waals surface area (Å²) in [6.07, 6.45) is 0. The summed E-state index contributed by atoms with van der Waals surface area (Å²) in [5.74, 6) is -0.0273. The molecule has 1 aliphatic rings. The lowest BCUT2D eigenvalue weighted by Crippen LogP contribution is -2.32. The molecular weight excluding hydrogens is 394 g/mol. The Balaban J connectivity index is 1.89. The number of anilines is 1.